The predicted molar refractivity (Wildman–Crippen MR) is 240 cm³/mol. The van der Waals surface area contributed by atoms with Crippen molar-refractivity contribution in [3.63, 3.8) is 0 Å². The largest absolute Gasteiger partial charge is 0.309 e. The summed E-state index contributed by atoms with van der Waals surface area (Å²) < 4.78 is 4.75. The molecule has 10 rings (SSSR count). The van der Waals surface area contributed by atoms with E-state index in [1.807, 2.05) is 43.4 Å². The van der Waals surface area contributed by atoms with Gasteiger partial charge in [-0.05, 0) is 84.3 Å². The lowest BCUT2D eigenvalue weighted by Crippen LogP contribution is -1.98. The molecule has 0 aliphatic rings. The third-order valence-corrected chi connectivity index (χ3v) is 10.9. The average molecular weight is 731 g/mol. The number of para-hydroxylation sites is 3. The van der Waals surface area contributed by atoms with Crippen molar-refractivity contribution in [2.75, 3.05) is 0 Å². The van der Waals surface area contributed by atoms with Crippen molar-refractivity contribution in [2.45, 2.75) is 6.92 Å². The van der Waals surface area contributed by atoms with Gasteiger partial charge in [0.2, 0.25) is 0 Å². The molecule has 0 fully saturated rings. The van der Waals surface area contributed by atoms with E-state index in [2.05, 4.69) is 173 Å². The molecular weight excluding hydrogens is 693 g/mol. The maximum Gasteiger partial charge on any atom is 0.156 e. The fourth-order valence-corrected chi connectivity index (χ4v) is 8.10. The van der Waals surface area contributed by atoms with Crippen LogP contribution in [0.25, 0.3) is 94.2 Å². The molecule has 0 saturated heterocycles. The molecule has 0 aliphatic carbocycles. The smallest absolute Gasteiger partial charge is 0.156 e. The van der Waals surface area contributed by atoms with Crippen molar-refractivity contribution >= 4 is 49.2 Å². The molecule has 0 amide bonds. The fourth-order valence-electron chi connectivity index (χ4n) is 8.10. The second-order valence-corrected chi connectivity index (χ2v) is 14.3. The van der Waals surface area contributed by atoms with Gasteiger partial charge in [-0.1, -0.05) is 146 Å². The number of aromatic nitrogens is 4. The summed E-state index contributed by atoms with van der Waals surface area (Å²) >= 11 is 0. The molecule has 57 heavy (non-hydrogen) atoms. The summed E-state index contributed by atoms with van der Waals surface area (Å²) in [5, 5.41) is 4.95. The summed E-state index contributed by atoms with van der Waals surface area (Å²) in [6, 6.07) is 62.9. The van der Waals surface area contributed by atoms with Crippen LogP contribution in [0.2, 0.25) is 0 Å². The first-order chi connectivity index (χ1) is 28.1. The molecule has 0 N–H and O–H groups in total. The van der Waals surface area contributed by atoms with E-state index in [-0.39, 0.29) is 0 Å². The number of hydrogen-bond donors (Lipinski definition) is 0. The standard InChI is InChI=1S/C53H38N4/c1-3-4-7-16-36(2)53-54-47(37-17-8-5-9-18-37)35-48(55-53)38-25-29-42(30-26-38)56-50-24-15-13-22-44(50)46-33-39(28-32-51(46)56)40-27-31-45-43-21-12-14-23-49(43)57(52(45)34-40)41-19-10-6-11-20-41/h3-35H,1H2,2H3/b7-4-,36-16+. The lowest BCUT2D eigenvalue weighted by Gasteiger charge is -2.12. The van der Waals surface area contributed by atoms with Crippen LogP contribution < -0.4 is 0 Å². The van der Waals surface area contributed by atoms with Crippen LogP contribution in [-0.4, -0.2) is 19.1 Å². The van der Waals surface area contributed by atoms with Crippen LogP contribution in [0.3, 0.4) is 0 Å². The molecule has 7 aromatic carbocycles. The van der Waals surface area contributed by atoms with Gasteiger partial charge >= 0.3 is 0 Å². The fraction of sp³-hybridized carbons (Fsp3) is 0.0189. The Morgan fingerprint density at radius 1 is 0.439 bits per heavy atom. The van der Waals surface area contributed by atoms with Gasteiger partial charge in [0.25, 0.3) is 0 Å². The Kier molecular flexibility index (Phi) is 8.50. The maximum absolute atomic E-state index is 5.04. The van der Waals surface area contributed by atoms with E-state index < -0.39 is 0 Å². The Morgan fingerprint density at radius 2 is 0.947 bits per heavy atom. The van der Waals surface area contributed by atoms with Crippen LogP contribution in [-0.2, 0) is 0 Å². The molecule has 0 aliphatic heterocycles. The molecule has 0 saturated carbocycles. The highest BCUT2D eigenvalue weighted by Gasteiger charge is 2.17. The molecule has 10 aromatic rings. The zero-order valence-corrected chi connectivity index (χ0v) is 31.5. The quantitative estimate of drug-likeness (QED) is 0.146. The molecule has 0 atom stereocenters. The Hall–Kier alpha value is -7.56. The summed E-state index contributed by atoms with van der Waals surface area (Å²) in [6.07, 6.45) is 7.66. The van der Waals surface area contributed by atoms with Gasteiger partial charge in [-0.25, -0.2) is 9.97 Å². The summed E-state index contributed by atoms with van der Waals surface area (Å²) in [7, 11) is 0. The van der Waals surface area contributed by atoms with Crippen molar-refractivity contribution in [2.24, 2.45) is 0 Å². The van der Waals surface area contributed by atoms with Gasteiger partial charge in [-0.2, -0.15) is 0 Å². The van der Waals surface area contributed by atoms with Gasteiger partial charge < -0.3 is 9.13 Å². The number of nitrogens with zero attached hydrogens (tertiary/aromatic N) is 4. The SMILES string of the molecule is C=C/C=C\C=C(/C)c1nc(-c2ccccc2)cc(-c2ccc(-n3c4ccccc4c4cc(-c5ccc6c7ccccc7n(-c7ccccc7)c6c5)ccc43)cc2)n1. The average Bonchev–Trinajstić information content (AvgIpc) is 3.79. The minimum absolute atomic E-state index is 0.697. The second kappa shape index (κ2) is 14.3. The zero-order valence-electron chi connectivity index (χ0n) is 31.5. The van der Waals surface area contributed by atoms with E-state index in [1.165, 1.54) is 49.2 Å². The van der Waals surface area contributed by atoms with Crippen molar-refractivity contribution in [1.82, 2.24) is 19.1 Å². The van der Waals surface area contributed by atoms with Crippen LogP contribution >= 0.6 is 0 Å². The van der Waals surface area contributed by atoms with Crippen LogP contribution in [0.1, 0.15) is 12.7 Å². The zero-order chi connectivity index (χ0) is 38.3. The van der Waals surface area contributed by atoms with E-state index in [9.17, 15) is 0 Å². The molecule has 270 valence electrons. The van der Waals surface area contributed by atoms with Gasteiger partial charge in [0.15, 0.2) is 5.82 Å². The number of benzene rings is 7. The first-order valence-corrected chi connectivity index (χ1v) is 19.3. The highest BCUT2D eigenvalue weighted by Crippen LogP contribution is 2.38. The summed E-state index contributed by atoms with van der Waals surface area (Å²) in [6.45, 7) is 5.83. The lowest BCUT2D eigenvalue weighted by atomic mass is 10.0. The van der Waals surface area contributed by atoms with Crippen LogP contribution in [0.15, 0.2) is 207 Å². The van der Waals surface area contributed by atoms with Crippen molar-refractivity contribution < 1.29 is 0 Å². The molecule has 0 spiro atoms. The first kappa shape index (κ1) is 34.0. The van der Waals surface area contributed by atoms with Gasteiger partial charge in [-0.15, -0.1) is 0 Å². The Bertz CT molecular complexity index is 3180. The number of fused-ring (bicyclic) bond motifs is 6. The summed E-state index contributed by atoms with van der Waals surface area (Å²) in [4.78, 5) is 10.0. The molecule has 4 nitrogen and oxygen atoms in total. The monoisotopic (exact) mass is 730 g/mol. The number of rotatable bonds is 8. The van der Waals surface area contributed by atoms with E-state index in [1.54, 1.807) is 6.08 Å². The molecule has 3 heterocycles. The molecule has 4 heteroatoms. The second-order valence-electron chi connectivity index (χ2n) is 14.3. The first-order valence-electron chi connectivity index (χ1n) is 19.3. The van der Waals surface area contributed by atoms with Crippen molar-refractivity contribution in [3.05, 3.63) is 213 Å². The molecule has 0 unspecified atom stereocenters. The minimum Gasteiger partial charge on any atom is -0.309 e. The number of hydrogen-bond acceptors (Lipinski definition) is 2. The van der Waals surface area contributed by atoms with Gasteiger partial charge in [-0.3, -0.25) is 0 Å². The third kappa shape index (κ3) is 6.05. The van der Waals surface area contributed by atoms with E-state index >= 15 is 0 Å². The molecule has 0 bridgehead atoms. The van der Waals surface area contributed by atoms with E-state index in [4.69, 9.17) is 9.97 Å². The van der Waals surface area contributed by atoms with Gasteiger partial charge in [0, 0.05) is 44.0 Å². The molecule has 0 radical (unpaired) electrons. The van der Waals surface area contributed by atoms with Crippen molar-refractivity contribution in [3.8, 4) is 45.0 Å². The Balaban J connectivity index is 1.07. The number of allylic oxidation sites excluding steroid dienone is 5. The topological polar surface area (TPSA) is 35.6 Å². The van der Waals surface area contributed by atoms with E-state index in [0.717, 1.165) is 45.0 Å². The Morgan fingerprint density at radius 3 is 1.65 bits per heavy atom. The van der Waals surface area contributed by atoms with Gasteiger partial charge in [0.05, 0.1) is 33.5 Å². The van der Waals surface area contributed by atoms with E-state index in [0.29, 0.717) is 5.82 Å². The maximum atomic E-state index is 5.04. The highest BCUT2D eigenvalue weighted by atomic mass is 15.0. The van der Waals surface area contributed by atoms with Crippen LogP contribution in [0.5, 0.6) is 0 Å². The van der Waals surface area contributed by atoms with Crippen LogP contribution in [0.4, 0.5) is 0 Å². The molecule has 3 aromatic heterocycles. The molecular formula is C53H38N4. The van der Waals surface area contributed by atoms with Gasteiger partial charge in [0.1, 0.15) is 0 Å². The third-order valence-electron chi connectivity index (χ3n) is 10.9. The summed E-state index contributed by atoms with van der Waals surface area (Å²) in [5.74, 6) is 0.697. The van der Waals surface area contributed by atoms with Crippen molar-refractivity contribution in [1.29, 1.82) is 0 Å². The minimum atomic E-state index is 0.697. The van der Waals surface area contributed by atoms with Crippen LogP contribution in [0, 0.1) is 0 Å². The normalized spacial score (nSPS) is 12.1. The predicted octanol–water partition coefficient (Wildman–Crippen LogP) is 13.8. The lowest BCUT2D eigenvalue weighted by molar-refractivity contribution is 1.12. The highest BCUT2D eigenvalue weighted by molar-refractivity contribution is 6.12. The Labute approximate surface area is 331 Å². The summed E-state index contributed by atoms with van der Waals surface area (Å²) in [5.41, 5.74) is 14.2.